The highest BCUT2D eigenvalue weighted by atomic mass is 16.6. The lowest BCUT2D eigenvalue weighted by Crippen LogP contribution is -2.14. The molecule has 17 heavy (non-hydrogen) atoms. The van der Waals surface area contributed by atoms with Crippen molar-refractivity contribution in [2.24, 2.45) is 0 Å². The fourth-order valence-electron chi connectivity index (χ4n) is 1.62. The highest BCUT2D eigenvalue weighted by Gasteiger charge is 2.16. The summed E-state index contributed by atoms with van der Waals surface area (Å²) in [5.41, 5.74) is 0.594. The fraction of sp³-hybridized carbons (Fsp3) is 0.273. The summed E-state index contributed by atoms with van der Waals surface area (Å²) >= 11 is 0. The Balaban J connectivity index is 2.61. The number of Topliss-reactive ketones (excluding diaryl/α,β-unsaturated/α-hetero) is 1. The second kappa shape index (κ2) is 3.97. The van der Waals surface area contributed by atoms with Crippen molar-refractivity contribution in [3.05, 3.63) is 34.5 Å². The van der Waals surface area contributed by atoms with E-state index in [1.54, 1.807) is 19.2 Å². The predicted octanol–water partition coefficient (Wildman–Crippen LogP) is 2.09. The number of ketones is 1. The van der Waals surface area contributed by atoms with Gasteiger partial charge in [0, 0.05) is 17.5 Å². The lowest BCUT2D eigenvalue weighted by Gasteiger charge is -2.09. The zero-order valence-electron chi connectivity index (χ0n) is 9.45. The SMILES string of the molecule is CC(=O)C(C)n1ncc2ccc([N+](=O)[O-])cc21. The Morgan fingerprint density at radius 2 is 2.24 bits per heavy atom. The number of carbonyl (C=O) groups excluding carboxylic acids is 1. The molecule has 1 atom stereocenters. The molecular weight excluding hydrogens is 222 g/mol. The number of nitrogens with zero attached hydrogens (tertiary/aromatic N) is 3. The molecule has 0 saturated carbocycles. The molecule has 0 spiro atoms. The first-order valence-electron chi connectivity index (χ1n) is 5.13. The molecule has 2 rings (SSSR count). The van der Waals surface area contributed by atoms with Gasteiger partial charge in [0.25, 0.3) is 5.69 Å². The van der Waals surface area contributed by atoms with Gasteiger partial charge < -0.3 is 0 Å². The minimum atomic E-state index is -0.463. The molecule has 0 radical (unpaired) electrons. The van der Waals surface area contributed by atoms with Gasteiger partial charge in [0.1, 0.15) is 6.04 Å². The van der Waals surface area contributed by atoms with Crippen molar-refractivity contribution in [1.82, 2.24) is 9.78 Å². The van der Waals surface area contributed by atoms with Gasteiger partial charge in [0.2, 0.25) is 0 Å². The van der Waals surface area contributed by atoms with Gasteiger partial charge in [-0.2, -0.15) is 5.10 Å². The number of aromatic nitrogens is 2. The monoisotopic (exact) mass is 233 g/mol. The minimum absolute atomic E-state index is 0.00463. The maximum Gasteiger partial charge on any atom is 0.271 e. The van der Waals surface area contributed by atoms with Crippen LogP contribution in [-0.4, -0.2) is 20.5 Å². The molecule has 0 fully saturated rings. The Morgan fingerprint density at radius 1 is 1.53 bits per heavy atom. The quantitative estimate of drug-likeness (QED) is 0.600. The van der Waals surface area contributed by atoms with Crippen molar-refractivity contribution in [3.63, 3.8) is 0 Å². The summed E-state index contributed by atoms with van der Waals surface area (Å²) in [5.74, 6) is -0.0403. The van der Waals surface area contributed by atoms with Gasteiger partial charge in [-0.1, -0.05) is 0 Å². The van der Waals surface area contributed by atoms with E-state index < -0.39 is 11.0 Å². The maximum atomic E-state index is 11.3. The number of benzene rings is 1. The number of hydrogen-bond acceptors (Lipinski definition) is 4. The molecule has 1 heterocycles. The van der Waals surface area contributed by atoms with Crippen LogP contribution in [0.5, 0.6) is 0 Å². The number of nitro benzene ring substituents is 1. The lowest BCUT2D eigenvalue weighted by molar-refractivity contribution is -0.384. The Bertz CT molecular complexity index is 603. The Morgan fingerprint density at radius 3 is 2.82 bits per heavy atom. The summed E-state index contributed by atoms with van der Waals surface area (Å²) in [4.78, 5) is 21.5. The second-order valence-corrected chi connectivity index (χ2v) is 3.88. The van der Waals surface area contributed by atoms with E-state index in [9.17, 15) is 14.9 Å². The fourth-order valence-corrected chi connectivity index (χ4v) is 1.62. The third-order valence-corrected chi connectivity index (χ3v) is 2.75. The molecule has 88 valence electrons. The number of fused-ring (bicyclic) bond motifs is 1. The van der Waals surface area contributed by atoms with Gasteiger partial charge in [0.15, 0.2) is 5.78 Å². The van der Waals surface area contributed by atoms with Crippen molar-refractivity contribution in [2.75, 3.05) is 0 Å². The zero-order chi connectivity index (χ0) is 12.6. The highest BCUT2D eigenvalue weighted by Crippen LogP contribution is 2.23. The molecule has 0 amide bonds. The number of non-ortho nitro benzene ring substituents is 1. The van der Waals surface area contributed by atoms with Gasteiger partial charge in [0.05, 0.1) is 16.6 Å². The van der Waals surface area contributed by atoms with Crippen LogP contribution in [0, 0.1) is 10.1 Å². The Kier molecular flexibility index (Phi) is 2.63. The van der Waals surface area contributed by atoms with Gasteiger partial charge in [-0.05, 0) is 19.9 Å². The average Bonchev–Trinajstić information content (AvgIpc) is 2.70. The molecule has 6 heteroatoms. The number of rotatable bonds is 3. The van der Waals surface area contributed by atoms with Gasteiger partial charge in [-0.15, -0.1) is 0 Å². The van der Waals surface area contributed by atoms with E-state index in [1.807, 2.05) is 0 Å². The molecule has 0 saturated heterocycles. The molecular formula is C11H11N3O3. The van der Waals surface area contributed by atoms with E-state index >= 15 is 0 Å². The van der Waals surface area contributed by atoms with Crippen LogP contribution in [0.3, 0.4) is 0 Å². The van der Waals surface area contributed by atoms with Crippen LogP contribution in [0.2, 0.25) is 0 Å². The first-order valence-corrected chi connectivity index (χ1v) is 5.13. The van der Waals surface area contributed by atoms with Crippen LogP contribution in [0.4, 0.5) is 5.69 Å². The summed E-state index contributed by atoms with van der Waals surface area (Å²) in [7, 11) is 0. The van der Waals surface area contributed by atoms with Crippen molar-refractivity contribution < 1.29 is 9.72 Å². The summed E-state index contributed by atoms with van der Waals surface area (Å²) in [5, 5.41) is 15.6. The van der Waals surface area contributed by atoms with E-state index in [2.05, 4.69) is 5.10 Å². The first kappa shape index (κ1) is 11.3. The normalized spacial score (nSPS) is 12.6. The van der Waals surface area contributed by atoms with E-state index in [1.165, 1.54) is 23.7 Å². The highest BCUT2D eigenvalue weighted by molar-refractivity contribution is 5.85. The number of hydrogen-bond donors (Lipinski definition) is 0. The van der Waals surface area contributed by atoms with E-state index in [0.717, 1.165) is 5.39 Å². The first-order chi connectivity index (χ1) is 8.00. The summed E-state index contributed by atoms with van der Waals surface area (Å²) in [6, 6.07) is 4.06. The van der Waals surface area contributed by atoms with Crippen molar-refractivity contribution in [2.45, 2.75) is 19.9 Å². The third kappa shape index (κ3) is 1.89. The molecule has 1 aromatic carbocycles. The Hall–Kier alpha value is -2.24. The molecule has 0 aliphatic carbocycles. The van der Waals surface area contributed by atoms with Crippen molar-refractivity contribution in [1.29, 1.82) is 0 Å². The van der Waals surface area contributed by atoms with E-state index in [0.29, 0.717) is 5.52 Å². The molecule has 0 aliphatic rings. The summed E-state index contributed by atoms with van der Waals surface area (Å²) in [6.07, 6.45) is 1.60. The molecule has 2 aromatic rings. The average molecular weight is 233 g/mol. The van der Waals surface area contributed by atoms with Crippen molar-refractivity contribution in [3.8, 4) is 0 Å². The van der Waals surface area contributed by atoms with Crippen LogP contribution < -0.4 is 0 Å². The maximum absolute atomic E-state index is 11.3. The van der Waals surface area contributed by atoms with Crippen LogP contribution in [0.15, 0.2) is 24.4 Å². The third-order valence-electron chi connectivity index (χ3n) is 2.75. The summed E-state index contributed by atoms with van der Waals surface area (Å²) < 4.78 is 1.50. The number of carbonyl (C=O) groups is 1. The van der Waals surface area contributed by atoms with Gasteiger partial charge in [-0.3, -0.25) is 19.6 Å². The summed E-state index contributed by atoms with van der Waals surface area (Å²) in [6.45, 7) is 3.18. The molecule has 0 N–H and O–H groups in total. The van der Waals surface area contributed by atoms with Gasteiger partial charge in [-0.25, -0.2) is 0 Å². The second-order valence-electron chi connectivity index (χ2n) is 3.88. The molecule has 1 aromatic heterocycles. The minimum Gasteiger partial charge on any atom is -0.298 e. The van der Waals surface area contributed by atoms with Crippen LogP contribution >= 0.6 is 0 Å². The van der Waals surface area contributed by atoms with E-state index in [4.69, 9.17) is 0 Å². The molecule has 6 nitrogen and oxygen atoms in total. The largest absolute Gasteiger partial charge is 0.298 e. The smallest absolute Gasteiger partial charge is 0.271 e. The van der Waals surface area contributed by atoms with Gasteiger partial charge >= 0.3 is 0 Å². The lowest BCUT2D eigenvalue weighted by atomic mass is 10.2. The predicted molar refractivity (Wildman–Crippen MR) is 61.8 cm³/mol. The molecule has 0 bridgehead atoms. The van der Waals surface area contributed by atoms with Crippen LogP contribution in [0.1, 0.15) is 19.9 Å². The Labute approximate surface area is 97.0 Å². The van der Waals surface area contributed by atoms with Crippen molar-refractivity contribution >= 4 is 22.4 Å². The topological polar surface area (TPSA) is 78.0 Å². The molecule has 0 aliphatic heterocycles. The number of nitro groups is 1. The van der Waals surface area contributed by atoms with Crippen LogP contribution in [-0.2, 0) is 4.79 Å². The van der Waals surface area contributed by atoms with E-state index in [-0.39, 0.29) is 11.5 Å². The molecule has 1 unspecified atom stereocenters. The van der Waals surface area contributed by atoms with Crippen LogP contribution in [0.25, 0.3) is 10.9 Å². The standard InChI is InChI=1S/C11H11N3O3/c1-7(8(2)15)13-11-5-10(14(16)17)4-3-9(11)6-12-13/h3-7H,1-2H3. The zero-order valence-corrected chi connectivity index (χ0v) is 9.45.